The van der Waals surface area contributed by atoms with E-state index in [2.05, 4.69) is 10.0 Å². The third kappa shape index (κ3) is 5.75. The van der Waals surface area contributed by atoms with Gasteiger partial charge < -0.3 is 15.0 Å². The predicted octanol–water partition coefficient (Wildman–Crippen LogP) is 4.07. The fourth-order valence-corrected chi connectivity index (χ4v) is 5.73. The summed E-state index contributed by atoms with van der Waals surface area (Å²) >= 11 is 0. The number of benzene rings is 3. The highest BCUT2D eigenvalue weighted by Gasteiger charge is 2.32. The van der Waals surface area contributed by atoms with Crippen molar-refractivity contribution in [3.05, 3.63) is 71.8 Å². The molecule has 37 heavy (non-hydrogen) atoms. The number of likely N-dealkylation sites (tertiary alicyclic amines) is 1. The summed E-state index contributed by atoms with van der Waals surface area (Å²) in [5.41, 5.74) is 1.78. The maximum atomic E-state index is 13.3. The quantitative estimate of drug-likeness (QED) is 0.502. The lowest BCUT2D eigenvalue weighted by Gasteiger charge is -2.31. The highest BCUT2D eigenvalue weighted by atomic mass is 32.2. The van der Waals surface area contributed by atoms with Crippen LogP contribution < -0.4 is 10.0 Å². The zero-order valence-electron chi connectivity index (χ0n) is 20.7. The summed E-state index contributed by atoms with van der Waals surface area (Å²) in [5.74, 6) is -1.66. The third-order valence-electron chi connectivity index (χ3n) is 6.36. The number of ether oxygens (including phenoxy) is 1. The molecule has 1 aliphatic heterocycles. The Kier molecular flexibility index (Phi) is 7.77. The van der Waals surface area contributed by atoms with E-state index in [0.717, 1.165) is 5.56 Å². The van der Waals surface area contributed by atoms with Crippen molar-refractivity contribution >= 4 is 44.4 Å². The molecule has 4 rings (SSSR count). The van der Waals surface area contributed by atoms with Crippen molar-refractivity contribution in [2.45, 2.75) is 31.6 Å². The van der Waals surface area contributed by atoms with Gasteiger partial charge in [-0.1, -0.05) is 42.5 Å². The summed E-state index contributed by atoms with van der Waals surface area (Å²) in [5, 5.41) is 3.75. The first-order chi connectivity index (χ1) is 17.7. The number of rotatable bonds is 6. The van der Waals surface area contributed by atoms with Crippen molar-refractivity contribution in [3.63, 3.8) is 0 Å². The molecule has 1 atom stereocenters. The molecule has 3 aromatic rings. The Morgan fingerprint density at radius 3 is 2.43 bits per heavy atom. The Balaban J connectivity index is 1.57. The standard InChI is InChI=1S/C27H29N3O6S/c1-3-36-27(33)30-16-8-10-19(17-30)25(31)29-37(34,35)24-15-14-23(21-12-6-7-13-22(21)24)28-26(32)20-11-5-4-9-18(20)2/h4-7,9,11-15,19H,3,8,10,16-17H2,1-2H3,(H,28,32)(H,29,31). The maximum absolute atomic E-state index is 13.3. The van der Waals surface area contributed by atoms with Gasteiger partial charge in [-0.05, 0) is 50.5 Å². The van der Waals surface area contributed by atoms with E-state index in [9.17, 15) is 22.8 Å². The molecular weight excluding hydrogens is 494 g/mol. The van der Waals surface area contributed by atoms with Crippen LogP contribution >= 0.6 is 0 Å². The first kappa shape index (κ1) is 26.2. The second kappa shape index (κ2) is 11.0. The van der Waals surface area contributed by atoms with Crippen LogP contribution in [0.3, 0.4) is 0 Å². The van der Waals surface area contributed by atoms with E-state index in [1.807, 2.05) is 19.1 Å². The molecule has 0 saturated carbocycles. The molecule has 2 N–H and O–H groups in total. The molecule has 9 nitrogen and oxygen atoms in total. The average molecular weight is 524 g/mol. The molecule has 0 bridgehead atoms. The van der Waals surface area contributed by atoms with Gasteiger partial charge in [0.25, 0.3) is 15.9 Å². The smallest absolute Gasteiger partial charge is 0.409 e. The number of aryl methyl sites for hydroxylation is 1. The fraction of sp³-hybridized carbons (Fsp3) is 0.296. The van der Waals surface area contributed by atoms with Crippen LogP contribution in [0.15, 0.2) is 65.6 Å². The molecule has 1 unspecified atom stereocenters. The predicted molar refractivity (Wildman–Crippen MR) is 140 cm³/mol. The maximum Gasteiger partial charge on any atom is 0.409 e. The van der Waals surface area contributed by atoms with Gasteiger partial charge in [0, 0.05) is 35.1 Å². The summed E-state index contributed by atoms with van der Waals surface area (Å²) in [6.45, 7) is 4.29. The number of amides is 3. The van der Waals surface area contributed by atoms with Crippen LogP contribution in [-0.4, -0.2) is 50.9 Å². The summed E-state index contributed by atoms with van der Waals surface area (Å²) in [7, 11) is -4.23. The monoisotopic (exact) mass is 523 g/mol. The third-order valence-corrected chi connectivity index (χ3v) is 7.77. The van der Waals surface area contributed by atoms with Crippen LogP contribution in [0.1, 0.15) is 35.7 Å². The van der Waals surface area contributed by atoms with Crippen LogP contribution in [0, 0.1) is 12.8 Å². The summed E-state index contributed by atoms with van der Waals surface area (Å²) in [4.78, 5) is 39.2. The Labute approximate surface area is 215 Å². The number of sulfonamides is 1. The van der Waals surface area contributed by atoms with E-state index in [1.165, 1.54) is 17.0 Å². The van der Waals surface area contributed by atoms with Gasteiger partial charge in [0.05, 0.1) is 17.4 Å². The van der Waals surface area contributed by atoms with E-state index < -0.39 is 27.9 Å². The Morgan fingerprint density at radius 2 is 1.70 bits per heavy atom. The number of fused-ring (bicyclic) bond motifs is 1. The molecule has 10 heteroatoms. The van der Waals surface area contributed by atoms with Crippen LogP contribution in [0.2, 0.25) is 0 Å². The number of nitrogens with zero attached hydrogens (tertiary/aromatic N) is 1. The van der Waals surface area contributed by atoms with Crippen LogP contribution in [0.4, 0.5) is 10.5 Å². The summed E-state index contributed by atoms with van der Waals surface area (Å²) in [6.07, 6.45) is 0.508. The molecule has 3 aromatic carbocycles. The SMILES string of the molecule is CCOC(=O)N1CCCC(C(=O)NS(=O)(=O)c2ccc(NC(=O)c3ccccc3C)c3ccccc23)C1. The first-order valence-electron chi connectivity index (χ1n) is 12.1. The Morgan fingerprint density at radius 1 is 1.00 bits per heavy atom. The van der Waals surface area contributed by atoms with E-state index in [-0.39, 0.29) is 24.0 Å². The topological polar surface area (TPSA) is 122 Å². The van der Waals surface area contributed by atoms with E-state index >= 15 is 0 Å². The number of hydrogen-bond acceptors (Lipinski definition) is 6. The highest BCUT2D eigenvalue weighted by molar-refractivity contribution is 7.90. The minimum absolute atomic E-state index is 0.0802. The number of carbonyl (C=O) groups excluding carboxylic acids is 3. The minimum Gasteiger partial charge on any atom is -0.450 e. The molecule has 1 saturated heterocycles. The normalized spacial score (nSPS) is 15.7. The fourth-order valence-electron chi connectivity index (χ4n) is 4.47. The van der Waals surface area contributed by atoms with Crippen LogP contribution in [-0.2, 0) is 19.6 Å². The number of nitrogens with one attached hydrogen (secondary N) is 2. The van der Waals surface area contributed by atoms with Gasteiger partial charge in [-0.15, -0.1) is 0 Å². The van der Waals surface area contributed by atoms with E-state index in [1.54, 1.807) is 43.3 Å². The van der Waals surface area contributed by atoms with Gasteiger partial charge in [-0.3, -0.25) is 9.59 Å². The number of piperidine rings is 1. The van der Waals surface area contributed by atoms with Crippen molar-refractivity contribution in [1.82, 2.24) is 9.62 Å². The van der Waals surface area contributed by atoms with Crippen molar-refractivity contribution < 1.29 is 27.5 Å². The Hall–Kier alpha value is -3.92. The average Bonchev–Trinajstić information content (AvgIpc) is 2.89. The van der Waals surface area contributed by atoms with Crippen molar-refractivity contribution in [2.75, 3.05) is 25.0 Å². The molecule has 0 spiro atoms. The van der Waals surface area contributed by atoms with Gasteiger partial charge in [0.2, 0.25) is 5.91 Å². The molecule has 0 aromatic heterocycles. The van der Waals surface area contributed by atoms with E-state index in [4.69, 9.17) is 4.74 Å². The second-order valence-electron chi connectivity index (χ2n) is 8.88. The van der Waals surface area contributed by atoms with Gasteiger partial charge in [0.1, 0.15) is 0 Å². The molecule has 3 amide bonds. The largest absolute Gasteiger partial charge is 0.450 e. The van der Waals surface area contributed by atoms with Gasteiger partial charge >= 0.3 is 6.09 Å². The lowest BCUT2D eigenvalue weighted by atomic mass is 9.98. The molecule has 1 fully saturated rings. The molecular formula is C27H29N3O6S. The van der Waals surface area contributed by atoms with Crippen LogP contribution in [0.25, 0.3) is 10.8 Å². The number of anilines is 1. The lowest BCUT2D eigenvalue weighted by Crippen LogP contribution is -2.46. The summed E-state index contributed by atoms with van der Waals surface area (Å²) < 4.78 is 33.8. The first-order valence-corrected chi connectivity index (χ1v) is 13.6. The summed E-state index contributed by atoms with van der Waals surface area (Å²) in [6, 6.07) is 16.8. The lowest BCUT2D eigenvalue weighted by molar-refractivity contribution is -0.124. The second-order valence-corrected chi connectivity index (χ2v) is 10.5. The number of hydrogen-bond donors (Lipinski definition) is 2. The van der Waals surface area contributed by atoms with Crippen LogP contribution in [0.5, 0.6) is 0 Å². The highest BCUT2D eigenvalue weighted by Crippen LogP contribution is 2.30. The zero-order valence-corrected chi connectivity index (χ0v) is 21.5. The van der Waals surface area contributed by atoms with Gasteiger partial charge in [0.15, 0.2) is 0 Å². The molecule has 194 valence electrons. The number of carbonyl (C=O) groups is 3. The molecule has 0 aliphatic carbocycles. The Bertz CT molecular complexity index is 1450. The molecule has 1 heterocycles. The molecule has 1 aliphatic rings. The van der Waals surface area contributed by atoms with Crippen molar-refractivity contribution in [1.29, 1.82) is 0 Å². The van der Waals surface area contributed by atoms with Gasteiger partial charge in [-0.2, -0.15) is 0 Å². The zero-order chi connectivity index (χ0) is 26.6. The van der Waals surface area contributed by atoms with Crippen molar-refractivity contribution in [3.8, 4) is 0 Å². The van der Waals surface area contributed by atoms with E-state index in [0.29, 0.717) is 41.4 Å². The molecule has 0 radical (unpaired) electrons. The minimum atomic E-state index is -4.23. The van der Waals surface area contributed by atoms with Gasteiger partial charge in [-0.25, -0.2) is 17.9 Å². The van der Waals surface area contributed by atoms with Crippen molar-refractivity contribution in [2.24, 2.45) is 5.92 Å².